The maximum absolute atomic E-state index is 5.51. The van der Waals surface area contributed by atoms with Crippen molar-refractivity contribution in [2.45, 2.75) is 25.4 Å². The first-order chi connectivity index (χ1) is 12.3. The van der Waals surface area contributed by atoms with Gasteiger partial charge in [-0.3, -0.25) is 0 Å². The molecule has 1 aromatic carbocycles. The zero-order chi connectivity index (χ0) is 17.2. The van der Waals surface area contributed by atoms with E-state index in [4.69, 9.17) is 14.0 Å². The van der Waals surface area contributed by atoms with Gasteiger partial charge in [0.05, 0.1) is 14.2 Å². The fraction of sp³-hybridized carbons (Fsp3) is 0.353. The number of anilines is 1. The Morgan fingerprint density at radius 3 is 2.76 bits per heavy atom. The normalized spacial score (nSPS) is 13.7. The van der Waals surface area contributed by atoms with Crippen molar-refractivity contribution in [1.29, 1.82) is 0 Å². The van der Waals surface area contributed by atoms with Crippen molar-refractivity contribution in [2.75, 3.05) is 19.1 Å². The molecule has 1 aliphatic carbocycles. The topological polar surface area (TPSA) is 73.5 Å². The fourth-order valence-corrected chi connectivity index (χ4v) is 3.56. The quantitative estimate of drug-likeness (QED) is 0.641. The molecule has 130 valence electrons. The number of nitrogens with zero attached hydrogens (tertiary/aromatic N) is 4. The minimum Gasteiger partial charge on any atom is -0.497 e. The molecule has 0 spiro atoms. The van der Waals surface area contributed by atoms with Gasteiger partial charge < -0.3 is 18.9 Å². The third-order valence-corrected chi connectivity index (χ3v) is 5.12. The van der Waals surface area contributed by atoms with Crippen molar-refractivity contribution in [2.24, 2.45) is 0 Å². The van der Waals surface area contributed by atoms with Gasteiger partial charge in [-0.2, -0.15) is 0 Å². The largest absolute Gasteiger partial charge is 0.497 e. The molecule has 1 fully saturated rings. The monoisotopic (exact) mass is 358 g/mol. The Kier molecular flexibility index (Phi) is 4.27. The predicted molar refractivity (Wildman–Crippen MR) is 94.2 cm³/mol. The van der Waals surface area contributed by atoms with Crippen LogP contribution in [0.15, 0.2) is 35.1 Å². The number of hydrogen-bond donors (Lipinski definition) is 0. The van der Waals surface area contributed by atoms with Gasteiger partial charge in [-0.05, 0) is 31.0 Å². The highest BCUT2D eigenvalue weighted by Crippen LogP contribution is 2.38. The second kappa shape index (κ2) is 6.72. The van der Waals surface area contributed by atoms with Crippen molar-refractivity contribution >= 4 is 16.5 Å². The number of rotatable bonds is 7. The van der Waals surface area contributed by atoms with Crippen molar-refractivity contribution in [3.05, 3.63) is 36.1 Å². The molecule has 1 saturated carbocycles. The highest BCUT2D eigenvalue weighted by atomic mass is 32.1. The number of aromatic nitrogens is 3. The maximum atomic E-state index is 5.51. The number of methoxy groups -OCH3 is 2. The Morgan fingerprint density at radius 1 is 1.20 bits per heavy atom. The predicted octanol–water partition coefficient (Wildman–Crippen LogP) is 3.38. The fourth-order valence-electron chi connectivity index (χ4n) is 2.69. The van der Waals surface area contributed by atoms with Gasteiger partial charge in [-0.15, -0.1) is 10.2 Å². The van der Waals surface area contributed by atoms with Crippen LogP contribution in [0, 0.1) is 0 Å². The summed E-state index contributed by atoms with van der Waals surface area (Å²) in [6.07, 6.45) is 3.85. The van der Waals surface area contributed by atoms with Gasteiger partial charge in [-0.25, -0.2) is 0 Å². The molecule has 0 saturated heterocycles. The molecular formula is C17H18N4O3S. The molecule has 8 heteroatoms. The number of ether oxygens (including phenoxy) is 2. The van der Waals surface area contributed by atoms with Gasteiger partial charge in [0.2, 0.25) is 5.13 Å². The lowest BCUT2D eigenvalue weighted by atomic mass is 10.1. The Morgan fingerprint density at radius 2 is 2.08 bits per heavy atom. The first-order valence-electron chi connectivity index (χ1n) is 8.00. The van der Waals surface area contributed by atoms with Crippen molar-refractivity contribution < 1.29 is 14.0 Å². The number of hydrogen-bond acceptors (Lipinski definition) is 8. The Balaban J connectivity index is 1.63. The zero-order valence-electron chi connectivity index (χ0n) is 14.0. The summed E-state index contributed by atoms with van der Waals surface area (Å²) in [6, 6.07) is 8.11. The van der Waals surface area contributed by atoms with Gasteiger partial charge in [0.25, 0.3) is 0 Å². The van der Waals surface area contributed by atoms with Crippen LogP contribution in [0.25, 0.3) is 10.7 Å². The van der Waals surface area contributed by atoms with Gasteiger partial charge in [0, 0.05) is 24.2 Å². The summed E-state index contributed by atoms with van der Waals surface area (Å²) in [5, 5.41) is 14.2. The summed E-state index contributed by atoms with van der Waals surface area (Å²) in [5.74, 6) is 1.65. The molecule has 7 nitrogen and oxygen atoms in total. The molecule has 4 rings (SSSR count). The van der Waals surface area contributed by atoms with E-state index in [9.17, 15) is 0 Å². The van der Waals surface area contributed by atoms with E-state index in [1.807, 2.05) is 18.2 Å². The van der Waals surface area contributed by atoms with Crippen molar-refractivity contribution in [3.63, 3.8) is 0 Å². The molecule has 2 heterocycles. The Labute approximate surface area is 149 Å². The Bertz CT molecular complexity index is 845. The zero-order valence-corrected chi connectivity index (χ0v) is 14.8. The van der Waals surface area contributed by atoms with Crippen molar-refractivity contribution in [3.8, 4) is 22.2 Å². The van der Waals surface area contributed by atoms with Gasteiger partial charge in [0.15, 0.2) is 5.01 Å². The molecule has 0 N–H and O–H groups in total. The maximum Gasteiger partial charge on any atom is 0.209 e. The van der Waals surface area contributed by atoms with E-state index in [-0.39, 0.29) is 0 Å². The van der Waals surface area contributed by atoms with E-state index in [0.717, 1.165) is 40.0 Å². The number of benzene rings is 1. The SMILES string of the molecule is COc1ccc(OC)c(CN(c2nnc(-c3ccon3)s2)C2CC2)c1. The summed E-state index contributed by atoms with van der Waals surface area (Å²) < 4.78 is 15.8. The average Bonchev–Trinajstić information content (AvgIpc) is 3.12. The second-order valence-electron chi connectivity index (χ2n) is 5.81. The van der Waals surface area contributed by atoms with Crippen LogP contribution in [-0.4, -0.2) is 35.6 Å². The average molecular weight is 358 g/mol. The first kappa shape index (κ1) is 15.9. The lowest BCUT2D eigenvalue weighted by molar-refractivity contribution is 0.398. The van der Waals surface area contributed by atoms with Crippen LogP contribution in [0.5, 0.6) is 11.5 Å². The van der Waals surface area contributed by atoms with E-state index in [0.29, 0.717) is 18.3 Å². The highest BCUT2D eigenvalue weighted by molar-refractivity contribution is 7.18. The Hall–Kier alpha value is -2.61. The van der Waals surface area contributed by atoms with Gasteiger partial charge >= 0.3 is 0 Å². The van der Waals surface area contributed by atoms with Crippen LogP contribution in [0.4, 0.5) is 5.13 Å². The van der Waals surface area contributed by atoms with E-state index < -0.39 is 0 Å². The third kappa shape index (κ3) is 3.30. The van der Waals surface area contributed by atoms with E-state index >= 15 is 0 Å². The first-order valence-corrected chi connectivity index (χ1v) is 8.82. The van der Waals surface area contributed by atoms with Crippen LogP contribution in [-0.2, 0) is 6.54 Å². The molecule has 0 atom stereocenters. The van der Waals surface area contributed by atoms with Gasteiger partial charge in [-0.1, -0.05) is 16.5 Å². The van der Waals surface area contributed by atoms with Crippen LogP contribution in [0.1, 0.15) is 18.4 Å². The van der Waals surface area contributed by atoms with Crippen LogP contribution < -0.4 is 14.4 Å². The summed E-state index contributed by atoms with van der Waals surface area (Å²) >= 11 is 1.52. The molecule has 1 aliphatic rings. The standard InChI is InChI=1S/C17H18N4O3S/c1-22-13-5-6-15(23-2)11(9-13)10-21(12-3-4-12)17-19-18-16(25-17)14-7-8-24-20-14/h5-9,12H,3-4,10H2,1-2H3. The molecule has 2 aromatic heterocycles. The van der Waals surface area contributed by atoms with E-state index in [1.165, 1.54) is 17.6 Å². The molecule has 25 heavy (non-hydrogen) atoms. The third-order valence-electron chi connectivity index (χ3n) is 4.13. The minimum absolute atomic E-state index is 0.481. The van der Waals surface area contributed by atoms with E-state index in [1.54, 1.807) is 20.3 Å². The molecule has 0 aliphatic heterocycles. The van der Waals surface area contributed by atoms with E-state index in [2.05, 4.69) is 20.3 Å². The lowest BCUT2D eigenvalue weighted by Crippen LogP contribution is -2.25. The van der Waals surface area contributed by atoms with Crippen molar-refractivity contribution in [1.82, 2.24) is 15.4 Å². The smallest absolute Gasteiger partial charge is 0.209 e. The summed E-state index contributed by atoms with van der Waals surface area (Å²) in [5.41, 5.74) is 1.77. The summed E-state index contributed by atoms with van der Waals surface area (Å²) in [6.45, 7) is 0.693. The van der Waals surface area contributed by atoms with Crippen LogP contribution in [0.2, 0.25) is 0 Å². The summed E-state index contributed by atoms with van der Waals surface area (Å²) in [4.78, 5) is 2.28. The minimum atomic E-state index is 0.481. The molecule has 0 bridgehead atoms. The molecule has 0 unspecified atom stereocenters. The highest BCUT2D eigenvalue weighted by Gasteiger charge is 2.32. The molecule has 0 amide bonds. The molecule has 3 aromatic rings. The second-order valence-corrected chi connectivity index (χ2v) is 6.77. The summed E-state index contributed by atoms with van der Waals surface area (Å²) in [7, 11) is 3.35. The van der Waals surface area contributed by atoms with Gasteiger partial charge in [0.1, 0.15) is 23.5 Å². The van der Waals surface area contributed by atoms with Crippen LogP contribution >= 0.6 is 11.3 Å². The van der Waals surface area contributed by atoms with Crippen LogP contribution in [0.3, 0.4) is 0 Å². The molecule has 0 radical (unpaired) electrons. The lowest BCUT2D eigenvalue weighted by Gasteiger charge is -2.22. The molecular weight excluding hydrogens is 340 g/mol.